The molecule has 15 heteroatoms. The standard InChI is InChI=1S/C21H28N5O8PS/c1-29-12-4-14(30-2)13(15(5-12)31-3)8-36-11-32-16-6-18(34-17(16)7-33-35(27)28)26-10-25-19-20(22)23-9-24-21(19)26/h4-5,9-10,16-18,35H,6-8,11H2,1-3H3,(H,27,28)(H2,22,23,24)/t16-,17+,18+/m0/s1. The van der Waals surface area contributed by atoms with E-state index in [0.29, 0.717) is 46.5 Å². The van der Waals surface area contributed by atoms with Crippen LogP contribution in [-0.2, 0) is 24.3 Å². The number of hydrogen-bond donors (Lipinski definition) is 2. The minimum atomic E-state index is -3.12. The van der Waals surface area contributed by atoms with Crippen LogP contribution in [0.2, 0.25) is 0 Å². The van der Waals surface area contributed by atoms with Crippen molar-refractivity contribution in [2.45, 2.75) is 30.6 Å². The summed E-state index contributed by atoms with van der Waals surface area (Å²) in [7, 11) is 1.63. The van der Waals surface area contributed by atoms with Gasteiger partial charge in [0.2, 0.25) is 0 Å². The number of nitrogens with zero attached hydrogens (tertiary/aromatic N) is 4. The minimum absolute atomic E-state index is 0.0932. The first-order valence-electron chi connectivity index (χ1n) is 10.9. The van der Waals surface area contributed by atoms with Gasteiger partial charge in [-0.15, -0.1) is 11.8 Å². The fraction of sp³-hybridized carbons (Fsp3) is 0.476. The van der Waals surface area contributed by atoms with E-state index in [9.17, 15) is 4.57 Å². The molecule has 0 spiro atoms. The Balaban J connectivity index is 1.43. The smallest absolute Gasteiger partial charge is 0.316 e. The maximum atomic E-state index is 11.2. The zero-order valence-corrected chi connectivity index (χ0v) is 21.8. The molecule has 3 heterocycles. The minimum Gasteiger partial charge on any atom is -0.496 e. The average Bonchev–Trinajstić information content (AvgIpc) is 3.49. The lowest BCUT2D eigenvalue weighted by atomic mass is 10.2. The Morgan fingerprint density at radius 3 is 2.61 bits per heavy atom. The molecule has 0 aliphatic carbocycles. The Morgan fingerprint density at radius 2 is 1.94 bits per heavy atom. The number of methoxy groups -OCH3 is 3. The SMILES string of the molecule is COc1cc(OC)c(CSCO[C@H]2C[C@H](n3cnc4c(N)ncnc43)O[C@@H]2CO[PH](=O)O)c(OC)c1. The van der Waals surface area contributed by atoms with Gasteiger partial charge in [0.25, 0.3) is 0 Å². The maximum absolute atomic E-state index is 11.2. The summed E-state index contributed by atoms with van der Waals surface area (Å²) in [5, 5.41) is 0. The van der Waals surface area contributed by atoms with Crippen molar-refractivity contribution in [2.24, 2.45) is 0 Å². The molecule has 196 valence electrons. The molecule has 0 saturated carbocycles. The Morgan fingerprint density at radius 1 is 1.19 bits per heavy atom. The van der Waals surface area contributed by atoms with Crippen LogP contribution in [0.5, 0.6) is 17.2 Å². The highest BCUT2D eigenvalue weighted by atomic mass is 32.2. The Labute approximate surface area is 212 Å². The van der Waals surface area contributed by atoms with E-state index in [-0.39, 0.29) is 12.4 Å². The largest absolute Gasteiger partial charge is 0.496 e. The predicted octanol–water partition coefficient (Wildman–Crippen LogP) is 2.40. The number of nitrogen functional groups attached to an aromatic ring is 1. The first kappa shape index (κ1) is 26.5. The summed E-state index contributed by atoms with van der Waals surface area (Å²) in [5.74, 6) is 3.08. The summed E-state index contributed by atoms with van der Waals surface area (Å²) < 4.78 is 46.4. The number of fused-ring (bicyclic) bond motifs is 1. The summed E-state index contributed by atoms with van der Waals surface area (Å²) in [5.41, 5.74) is 7.76. The van der Waals surface area contributed by atoms with Gasteiger partial charge in [-0.05, 0) is 0 Å². The van der Waals surface area contributed by atoms with Crippen LogP contribution in [0.15, 0.2) is 24.8 Å². The molecule has 0 amide bonds. The molecule has 1 aromatic carbocycles. The summed E-state index contributed by atoms with van der Waals surface area (Å²) >= 11 is 1.51. The summed E-state index contributed by atoms with van der Waals surface area (Å²) in [6, 6.07) is 3.59. The van der Waals surface area contributed by atoms with Gasteiger partial charge >= 0.3 is 8.25 Å². The number of thioether (sulfide) groups is 1. The number of hydrogen-bond acceptors (Lipinski definition) is 12. The fourth-order valence-corrected chi connectivity index (χ4v) is 5.08. The number of rotatable bonds is 12. The number of aromatic nitrogens is 4. The highest BCUT2D eigenvalue weighted by Crippen LogP contribution is 2.38. The van der Waals surface area contributed by atoms with Gasteiger partial charge < -0.3 is 38.8 Å². The van der Waals surface area contributed by atoms with Crippen molar-refractivity contribution >= 4 is 37.0 Å². The zero-order valence-electron chi connectivity index (χ0n) is 19.9. The molecule has 0 bridgehead atoms. The summed E-state index contributed by atoms with van der Waals surface area (Å²) in [4.78, 5) is 21.6. The Hall–Kier alpha value is -2.61. The van der Waals surface area contributed by atoms with Crippen molar-refractivity contribution in [1.29, 1.82) is 0 Å². The van der Waals surface area contributed by atoms with Gasteiger partial charge in [0.15, 0.2) is 11.5 Å². The second-order valence-corrected chi connectivity index (χ2v) is 9.46. The molecule has 36 heavy (non-hydrogen) atoms. The van der Waals surface area contributed by atoms with E-state index in [4.69, 9.17) is 38.8 Å². The molecule has 1 aliphatic rings. The van der Waals surface area contributed by atoms with Crippen LogP contribution in [0.3, 0.4) is 0 Å². The van der Waals surface area contributed by atoms with Gasteiger partial charge in [-0.2, -0.15) is 0 Å². The third-order valence-corrected chi connectivity index (χ3v) is 6.89. The number of ether oxygens (including phenoxy) is 5. The third-order valence-electron chi connectivity index (χ3n) is 5.68. The molecule has 1 unspecified atom stereocenters. The second-order valence-electron chi connectivity index (χ2n) is 7.71. The first-order valence-corrected chi connectivity index (χ1v) is 13.3. The number of nitrogens with two attached hydrogens (primary N) is 1. The lowest BCUT2D eigenvalue weighted by Gasteiger charge is -2.19. The van der Waals surface area contributed by atoms with Crippen molar-refractivity contribution in [3.05, 3.63) is 30.4 Å². The van der Waals surface area contributed by atoms with E-state index >= 15 is 0 Å². The molecule has 2 aromatic heterocycles. The molecule has 1 fully saturated rings. The highest BCUT2D eigenvalue weighted by molar-refractivity contribution is 7.98. The second kappa shape index (κ2) is 12.1. The van der Waals surface area contributed by atoms with E-state index in [1.54, 1.807) is 44.4 Å². The van der Waals surface area contributed by atoms with E-state index in [2.05, 4.69) is 15.0 Å². The topological polar surface area (TPSA) is 162 Å². The van der Waals surface area contributed by atoms with Crippen molar-refractivity contribution in [1.82, 2.24) is 19.5 Å². The number of imidazole rings is 1. The van der Waals surface area contributed by atoms with Gasteiger partial charge in [0.05, 0.1) is 46.3 Å². The molecule has 3 aromatic rings. The van der Waals surface area contributed by atoms with E-state index in [1.807, 2.05) is 0 Å². The van der Waals surface area contributed by atoms with Crippen LogP contribution >= 0.6 is 20.0 Å². The van der Waals surface area contributed by atoms with Crippen LogP contribution in [0.4, 0.5) is 5.82 Å². The first-order chi connectivity index (χ1) is 17.4. The van der Waals surface area contributed by atoms with Crippen LogP contribution in [0.25, 0.3) is 11.2 Å². The summed E-state index contributed by atoms with van der Waals surface area (Å²) in [6.07, 6.45) is 1.93. The van der Waals surface area contributed by atoms with Crippen LogP contribution < -0.4 is 19.9 Å². The molecule has 3 N–H and O–H groups in total. The van der Waals surface area contributed by atoms with Crippen LogP contribution in [0.1, 0.15) is 18.2 Å². The quantitative estimate of drug-likeness (QED) is 0.195. The number of benzene rings is 1. The van der Waals surface area contributed by atoms with Gasteiger partial charge in [-0.3, -0.25) is 9.13 Å². The molecular weight excluding hydrogens is 513 g/mol. The average molecular weight is 542 g/mol. The lowest BCUT2D eigenvalue weighted by Crippen LogP contribution is -2.28. The van der Waals surface area contributed by atoms with E-state index in [0.717, 1.165) is 5.56 Å². The molecule has 1 saturated heterocycles. The highest BCUT2D eigenvalue weighted by Gasteiger charge is 2.38. The molecule has 13 nitrogen and oxygen atoms in total. The van der Waals surface area contributed by atoms with Gasteiger partial charge in [0, 0.05) is 29.9 Å². The normalized spacial score (nSPS) is 20.5. The monoisotopic (exact) mass is 541 g/mol. The van der Waals surface area contributed by atoms with E-state index in [1.165, 1.54) is 18.1 Å². The Kier molecular flexibility index (Phi) is 8.88. The number of anilines is 1. The molecule has 4 atom stereocenters. The van der Waals surface area contributed by atoms with Crippen molar-refractivity contribution in [2.75, 3.05) is 39.6 Å². The van der Waals surface area contributed by atoms with Crippen LogP contribution in [-0.4, -0.2) is 70.5 Å². The van der Waals surface area contributed by atoms with Gasteiger partial charge in [0.1, 0.15) is 41.4 Å². The molecule has 1 aliphatic heterocycles. The van der Waals surface area contributed by atoms with Crippen molar-refractivity contribution in [3.63, 3.8) is 0 Å². The summed E-state index contributed by atoms with van der Waals surface area (Å²) in [6.45, 7) is -0.0932. The van der Waals surface area contributed by atoms with Crippen molar-refractivity contribution < 1.29 is 37.7 Å². The van der Waals surface area contributed by atoms with E-state index < -0.39 is 26.7 Å². The lowest BCUT2D eigenvalue weighted by molar-refractivity contribution is -0.0487. The van der Waals surface area contributed by atoms with Crippen LogP contribution in [0, 0.1) is 0 Å². The zero-order chi connectivity index (χ0) is 25.7. The fourth-order valence-electron chi connectivity index (χ4n) is 3.93. The predicted molar refractivity (Wildman–Crippen MR) is 133 cm³/mol. The molecule has 4 rings (SSSR count). The van der Waals surface area contributed by atoms with Crippen molar-refractivity contribution in [3.8, 4) is 17.2 Å². The maximum Gasteiger partial charge on any atom is 0.316 e. The molecule has 0 radical (unpaired) electrons. The molecular formula is C21H28N5O8PS. The third kappa shape index (κ3) is 5.85. The van der Waals surface area contributed by atoms with Gasteiger partial charge in [-0.25, -0.2) is 15.0 Å². The van der Waals surface area contributed by atoms with Gasteiger partial charge in [-0.1, -0.05) is 0 Å². The Bertz CT molecular complexity index is 1190.